The Kier molecular flexibility index (Phi) is 2.88. The maximum Gasteiger partial charge on any atom is 0.0685 e. The summed E-state index contributed by atoms with van der Waals surface area (Å²) in [7, 11) is 0. The first-order valence-corrected chi connectivity index (χ1v) is 5.56. The van der Waals surface area contributed by atoms with Gasteiger partial charge in [-0.1, -0.05) is 17.7 Å². The van der Waals surface area contributed by atoms with E-state index in [-0.39, 0.29) is 0 Å². The van der Waals surface area contributed by atoms with Gasteiger partial charge in [-0.05, 0) is 32.0 Å². The monoisotopic (exact) mass is 235 g/mol. The molecule has 1 aromatic carbocycles. The van der Waals surface area contributed by atoms with Crippen molar-refractivity contribution in [2.45, 2.75) is 19.9 Å². The van der Waals surface area contributed by atoms with Gasteiger partial charge in [0.15, 0.2) is 0 Å². The van der Waals surface area contributed by atoms with E-state index in [1.165, 1.54) is 0 Å². The van der Waals surface area contributed by atoms with Crippen LogP contribution < -0.4 is 5.73 Å². The fourth-order valence-electron chi connectivity index (χ4n) is 1.64. The van der Waals surface area contributed by atoms with Crippen LogP contribution in [0.5, 0.6) is 0 Å². The molecule has 0 spiro atoms. The third-order valence-corrected chi connectivity index (χ3v) is 2.78. The van der Waals surface area contributed by atoms with Crippen LogP contribution in [0.3, 0.4) is 0 Å². The van der Waals surface area contributed by atoms with Gasteiger partial charge in [-0.2, -0.15) is 5.10 Å². The zero-order chi connectivity index (χ0) is 11.7. The van der Waals surface area contributed by atoms with Crippen molar-refractivity contribution in [3.05, 3.63) is 35.5 Å². The van der Waals surface area contributed by atoms with Crippen LogP contribution in [-0.4, -0.2) is 9.78 Å². The zero-order valence-corrected chi connectivity index (χ0v) is 10.1. The van der Waals surface area contributed by atoms with Crippen LogP contribution in [0.15, 0.2) is 30.5 Å². The molecular formula is C12H14ClN3. The molecule has 2 rings (SSSR count). The first-order chi connectivity index (χ1) is 7.59. The van der Waals surface area contributed by atoms with Crippen LogP contribution in [0, 0.1) is 0 Å². The van der Waals surface area contributed by atoms with Gasteiger partial charge in [-0.25, -0.2) is 0 Å². The molecule has 0 aliphatic heterocycles. The molecular weight excluding hydrogens is 222 g/mol. The van der Waals surface area contributed by atoms with Crippen LogP contribution >= 0.6 is 11.6 Å². The van der Waals surface area contributed by atoms with Crippen molar-refractivity contribution in [1.82, 2.24) is 9.78 Å². The number of benzene rings is 1. The van der Waals surface area contributed by atoms with Crippen LogP contribution in [-0.2, 0) is 0 Å². The summed E-state index contributed by atoms with van der Waals surface area (Å²) in [4.78, 5) is 0. The summed E-state index contributed by atoms with van der Waals surface area (Å²) in [5.41, 5.74) is 8.37. The van der Waals surface area contributed by atoms with Crippen molar-refractivity contribution in [3.8, 4) is 11.3 Å². The van der Waals surface area contributed by atoms with Gasteiger partial charge in [0.25, 0.3) is 0 Å². The van der Waals surface area contributed by atoms with Crippen LogP contribution in [0.2, 0.25) is 5.02 Å². The van der Waals surface area contributed by atoms with E-state index in [1.807, 2.05) is 28.9 Å². The number of rotatable bonds is 2. The Bertz CT molecular complexity index is 503. The highest BCUT2D eigenvalue weighted by Gasteiger charge is 2.09. The maximum atomic E-state index is 6.01. The summed E-state index contributed by atoms with van der Waals surface area (Å²) in [5.74, 6) is 0. The number of anilines is 1. The molecule has 0 amide bonds. The first-order valence-electron chi connectivity index (χ1n) is 5.18. The molecule has 1 aromatic heterocycles. The third-order valence-electron chi connectivity index (χ3n) is 2.46. The lowest BCUT2D eigenvalue weighted by Crippen LogP contribution is -2.04. The Balaban J connectivity index is 2.50. The van der Waals surface area contributed by atoms with E-state index in [0.717, 1.165) is 11.3 Å². The minimum Gasteiger partial charge on any atom is -0.398 e. The largest absolute Gasteiger partial charge is 0.398 e. The second kappa shape index (κ2) is 4.18. The van der Waals surface area contributed by atoms with Crippen LogP contribution in [0.1, 0.15) is 19.9 Å². The van der Waals surface area contributed by atoms with Crippen molar-refractivity contribution in [2.75, 3.05) is 5.73 Å². The standard InChI is InChI=1S/C12H14ClN3/c1-8(2)16-12(5-6-15-16)9-3-4-11(14)10(13)7-9/h3-8H,14H2,1-2H3. The minimum absolute atomic E-state index is 0.321. The molecule has 0 unspecified atom stereocenters. The maximum absolute atomic E-state index is 6.01. The number of hydrogen-bond donors (Lipinski definition) is 1. The third kappa shape index (κ3) is 1.91. The highest BCUT2D eigenvalue weighted by atomic mass is 35.5. The van der Waals surface area contributed by atoms with Gasteiger partial charge in [0.05, 0.1) is 16.4 Å². The Morgan fingerprint density at radius 1 is 1.31 bits per heavy atom. The molecule has 1 heterocycles. The summed E-state index contributed by atoms with van der Waals surface area (Å²) in [6, 6.07) is 7.93. The van der Waals surface area contributed by atoms with Gasteiger partial charge in [-0.3, -0.25) is 4.68 Å². The molecule has 0 aliphatic rings. The highest BCUT2D eigenvalue weighted by molar-refractivity contribution is 6.33. The van der Waals surface area contributed by atoms with Gasteiger partial charge in [-0.15, -0.1) is 0 Å². The molecule has 2 aromatic rings. The van der Waals surface area contributed by atoms with Crippen LogP contribution in [0.4, 0.5) is 5.69 Å². The average Bonchev–Trinajstić information content (AvgIpc) is 2.71. The van der Waals surface area contributed by atoms with Crippen LogP contribution in [0.25, 0.3) is 11.3 Å². The summed E-state index contributed by atoms with van der Waals surface area (Å²) in [5, 5.41) is 4.86. The quantitative estimate of drug-likeness (QED) is 0.812. The number of nitrogens with zero attached hydrogens (tertiary/aromatic N) is 2. The van der Waals surface area contributed by atoms with E-state index in [4.69, 9.17) is 17.3 Å². The van der Waals surface area contributed by atoms with Gasteiger partial charge >= 0.3 is 0 Å². The van der Waals surface area contributed by atoms with Crippen molar-refractivity contribution in [3.63, 3.8) is 0 Å². The average molecular weight is 236 g/mol. The molecule has 4 heteroatoms. The molecule has 0 radical (unpaired) electrons. The van der Waals surface area contributed by atoms with E-state index in [1.54, 1.807) is 6.20 Å². The lowest BCUT2D eigenvalue weighted by atomic mass is 10.1. The zero-order valence-electron chi connectivity index (χ0n) is 9.31. The SMILES string of the molecule is CC(C)n1nccc1-c1ccc(N)c(Cl)c1. The summed E-state index contributed by atoms with van der Waals surface area (Å²) < 4.78 is 1.96. The fraction of sp³-hybridized carbons (Fsp3) is 0.250. The van der Waals surface area contributed by atoms with E-state index in [0.29, 0.717) is 16.8 Å². The van der Waals surface area contributed by atoms with Gasteiger partial charge in [0, 0.05) is 17.8 Å². The molecule has 0 aliphatic carbocycles. The van der Waals surface area contributed by atoms with Gasteiger partial charge in [0.1, 0.15) is 0 Å². The van der Waals surface area contributed by atoms with E-state index < -0.39 is 0 Å². The summed E-state index contributed by atoms with van der Waals surface area (Å²) in [6.07, 6.45) is 1.79. The number of hydrogen-bond acceptors (Lipinski definition) is 2. The van der Waals surface area contributed by atoms with Crippen molar-refractivity contribution in [1.29, 1.82) is 0 Å². The number of nitrogen functional groups attached to an aromatic ring is 1. The summed E-state index contributed by atoms with van der Waals surface area (Å²) in [6.45, 7) is 4.19. The topological polar surface area (TPSA) is 43.8 Å². The predicted octanol–water partition coefficient (Wildman–Crippen LogP) is 3.37. The lowest BCUT2D eigenvalue weighted by molar-refractivity contribution is 0.538. The second-order valence-corrected chi connectivity index (χ2v) is 4.40. The molecule has 3 nitrogen and oxygen atoms in total. The molecule has 0 fully saturated rings. The molecule has 0 saturated heterocycles. The highest BCUT2D eigenvalue weighted by Crippen LogP contribution is 2.27. The normalized spacial score (nSPS) is 11.0. The van der Waals surface area contributed by atoms with Crippen molar-refractivity contribution < 1.29 is 0 Å². The molecule has 84 valence electrons. The number of halogens is 1. The van der Waals surface area contributed by atoms with E-state index in [2.05, 4.69) is 18.9 Å². The van der Waals surface area contributed by atoms with Gasteiger partial charge < -0.3 is 5.73 Å². The molecule has 16 heavy (non-hydrogen) atoms. The van der Waals surface area contributed by atoms with Crippen molar-refractivity contribution in [2.24, 2.45) is 0 Å². The Labute approximate surface area is 99.8 Å². The van der Waals surface area contributed by atoms with E-state index >= 15 is 0 Å². The smallest absolute Gasteiger partial charge is 0.0685 e. The Hall–Kier alpha value is -1.48. The van der Waals surface area contributed by atoms with Gasteiger partial charge in [0.2, 0.25) is 0 Å². The Morgan fingerprint density at radius 3 is 2.69 bits per heavy atom. The van der Waals surface area contributed by atoms with Crippen molar-refractivity contribution >= 4 is 17.3 Å². The molecule has 0 bridgehead atoms. The first kappa shape index (κ1) is 11.0. The predicted molar refractivity (Wildman–Crippen MR) is 67.5 cm³/mol. The lowest BCUT2D eigenvalue weighted by Gasteiger charge is -2.11. The number of aromatic nitrogens is 2. The minimum atomic E-state index is 0.321. The second-order valence-electron chi connectivity index (χ2n) is 3.99. The molecule has 2 N–H and O–H groups in total. The molecule has 0 atom stereocenters. The number of nitrogens with two attached hydrogens (primary N) is 1. The fourth-order valence-corrected chi connectivity index (χ4v) is 1.82. The molecule has 0 saturated carbocycles. The van der Waals surface area contributed by atoms with E-state index in [9.17, 15) is 0 Å². The summed E-state index contributed by atoms with van der Waals surface area (Å²) >= 11 is 6.01. The Morgan fingerprint density at radius 2 is 2.06 bits per heavy atom.